The summed E-state index contributed by atoms with van der Waals surface area (Å²) in [5.74, 6) is -1.05. The summed E-state index contributed by atoms with van der Waals surface area (Å²) in [4.78, 5) is 10.6. The van der Waals surface area contributed by atoms with E-state index >= 15 is 0 Å². The second-order valence-electron chi connectivity index (χ2n) is 2.17. The highest BCUT2D eigenvalue weighted by Crippen LogP contribution is 2.10. The first-order chi connectivity index (χ1) is 5.79. The fraction of sp³-hybridized carbons (Fsp3) is 0. The average molecular weight is 164 g/mol. The molecule has 60 valence electrons. The zero-order valence-corrected chi connectivity index (χ0v) is 5.85. The van der Waals surface area contributed by atoms with Crippen molar-refractivity contribution in [2.24, 2.45) is 0 Å². The Bertz CT molecular complexity index is 436. The summed E-state index contributed by atoms with van der Waals surface area (Å²) in [6, 6.07) is 1.55. The lowest BCUT2D eigenvalue weighted by Crippen LogP contribution is -1.96. The van der Waals surface area contributed by atoms with E-state index in [0.717, 1.165) is 0 Å². The Labute approximate surface area is 66.2 Å². The third-order valence-corrected chi connectivity index (χ3v) is 1.46. The lowest BCUT2D eigenvalue weighted by Gasteiger charge is -1.86. The Kier molecular flexibility index (Phi) is 1.26. The fourth-order valence-electron chi connectivity index (χ4n) is 0.934. The first-order valence-electron chi connectivity index (χ1n) is 3.18. The van der Waals surface area contributed by atoms with Crippen molar-refractivity contribution in [3.8, 4) is 0 Å². The Morgan fingerprint density at radius 2 is 2.42 bits per heavy atom. The van der Waals surface area contributed by atoms with Gasteiger partial charge in [0.25, 0.3) is 0 Å². The summed E-state index contributed by atoms with van der Waals surface area (Å²) in [5, 5.41) is 22.3. The van der Waals surface area contributed by atoms with E-state index in [-0.39, 0.29) is 5.69 Å². The minimum absolute atomic E-state index is 0.0416. The van der Waals surface area contributed by atoms with Gasteiger partial charge in [-0.2, -0.15) is 10.2 Å². The van der Waals surface area contributed by atoms with Crippen molar-refractivity contribution in [1.82, 2.24) is 20.4 Å². The Balaban J connectivity index is 2.79. The molecular formula is C6H4N4O2. The minimum atomic E-state index is -1.05. The number of nitrogens with one attached hydrogen (secondary N) is 1. The van der Waals surface area contributed by atoms with Crippen LogP contribution in [0.5, 0.6) is 0 Å². The Morgan fingerprint density at radius 1 is 1.58 bits per heavy atom. The lowest BCUT2D eigenvalue weighted by molar-refractivity contribution is 0.0692. The van der Waals surface area contributed by atoms with Gasteiger partial charge in [-0.25, -0.2) is 4.79 Å². The van der Waals surface area contributed by atoms with E-state index in [2.05, 4.69) is 20.4 Å². The van der Waals surface area contributed by atoms with Crippen LogP contribution in [-0.4, -0.2) is 31.5 Å². The van der Waals surface area contributed by atoms with Crippen LogP contribution in [0.2, 0.25) is 0 Å². The van der Waals surface area contributed by atoms with Gasteiger partial charge in [-0.1, -0.05) is 0 Å². The smallest absolute Gasteiger partial charge is 0.354 e. The van der Waals surface area contributed by atoms with Gasteiger partial charge >= 0.3 is 5.97 Å². The summed E-state index contributed by atoms with van der Waals surface area (Å²) >= 11 is 0. The second-order valence-corrected chi connectivity index (χ2v) is 2.17. The standard InChI is InChI=1S/C6H4N4O2/c11-6(12)4-3-1-2-7-9-5(3)10-8-4/h1-2H,(H,11,12)(H,8,9,10). The van der Waals surface area contributed by atoms with Crippen LogP contribution in [0.15, 0.2) is 12.3 Å². The zero-order chi connectivity index (χ0) is 8.55. The van der Waals surface area contributed by atoms with Crippen molar-refractivity contribution in [1.29, 1.82) is 0 Å². The predicted octanol–water partition coefficient (Wildman–Crippen LogP) is 0.0511. The highest BCUT2D eigenvalue weighted by molar-refractivity contribution is 5.99. The van der Waals surface area contributed by atoms with E-state index in [1.807, 2.05) is 0 Å². The highest BCUT2D eigenvalue weighted by Gasteiger charge is 2.11. The lowest BCUT2D eigenvalue weighted by atomic mass is 10.3. The fourth-order valence-corrected chi connectivity index (χ4v) is 0.934. The van der Waals surface area contributed by atoms with Crippen molar-refractivity contribution < 1.29 is 9.90 Å². The number of carbonyl (C=O) groups is 1. The number of carboxylic acid groups (broad SMARTS) is 1. The number of rotatable bonds is 1. The molecule has 0 aromatic carbocycles. The van der Waals surface area contributed by atoms with Gasteiger partial charge in [0.15, 0.2) is 5.69 Å². The van der Waals surface area contributed by atoms with Gasteiger partial charge in [-0.3, -0.25) is 5.10 Å². The number of aromatic nitrogens is 4. The molecule has 0 aliphatic heterocycles. The number of nitrogens with zero attached hydrogens (tertiary/aromatic N) is 3. The van der Waals surface area contributed by atoms with Gasteiger partial charge in [0.2, 0.25) is 5.65 Å². The molecule has 6 nitrogen and oxygen atoms in total. The van der Waals surface area contributed by atoms with Gasteiger partial charge < -0.3 is 5.11 Å². The predicted molar refractivity (Wildman–Crippen MR) is 38.6 cm³/mol. The largest absolute Gasteiger partial charge is 0.477 e. The number of carboxylic acids is 1. The summed E-state index contributed by atoms with van der Waals surface area (Å²) < 4.78 is 0. The third kappa shape index (κ3) is 0.815. The molecule has 0 aliphatic carbocycles. The van der Waals surface area contributed by atoms with Crippen molar-refractivity contribution in [2.45, 2.75) is 0 Å². The van der Waals surface area contributed by atoms with Gasteiger partial charge in [0.1, 0.15) is 0 Å². The Hall–Kier alpha value is -1.98. The first-order valence-corrected chi connectivity index (χ1v) is 3.18. The molecule has 0 spiro atoms. The molecular weight excluding hydrogens is 160 g/mol. The topological polar surface area (TPSA) is 91.8 Å². The quantitative estimate of drug-likeness (QED) is 0.621. The van der Waals surface area contributed by atoms with E-state index in [9.17, 15) is 4.79 Å². The number of H-pyrrole nitrogens is 1. The van der Waals surface area contributed by atoms with Crippen LogP contribution in [0.3, 0.4) is 0 Å². The molecule has 2 aromatic heterocycles. The Morgan fingerprint density at radius 3 is 3.17 bits per heavy atom. The first kappa shape index (κ1) is 6.71. The average Bonchev–Trinajstić information content (AvgIpc) is 2.47. The summed E-state index contributed by atoms with van der Waals surface area (Å²) in [6.45, 7) is 0. The summed E-state index contributed by atoms with van der Waals surface area (Å²) in [6.07, 6.45) is 1.42. The SMILES string of the molecule is O=C(O)c1[nH]nc2nnccc12. The van der Waals surface area contributed by atoms with Crippen LogP contribution >= 0.6 is 0 Å². The molecule has 0 unspecified atom stereocenters. The maximum Gasteiger partial charge on any atom is 0.354 e. The third-order valence-electron chi connectivity index (χ3n) is 1.46. The molecule has 0 aliphatic rings. The van der Waals surface area contributed by atoms with Crippen LogP contribution in [0.4, 0.5) is 0 Å². The molecule has 0 amide bonds. The summed E-state index contributed by atoms with van der Waals surface area (Å²) in [5.41, 5.74) is 0.356. The summed E-state index contributed by atoms with van der Waals surface area (Å²) in [7, 11) is 0. The molecule has 0 atom stereocenters. The second kappa shape index (κ2) is 2.26. The van der Waals surface area contributed by atoms with Crippen LogP contribution < -0.4 is 0 Å². The number of aromatic carboxylic acids is 1. The highest BCUT2D eigenvalue weighted by atomic mass is 16.4. The van der Waals surface area contributed by atoms with E-state index in [1.165, 1.54) is 6.20 Å². The molecule has 2 aromatic rings. The van der Waals surface area contributed by atoms with Gasteiger partial charge in [-0.05, 0) is 6.07 Å². The number of hydrogen-bond acceptors (Lipinski definition) is 4. The van der Waals surface area contributed by atoms with Crippen molar-refractivity contribution >= 4 is 17.0 Å². The molecule has 6 heteroatoms. The zero-order valence-electron chi connectivity index (χ0n) is 5.85. The van der Waals surface area contributed by atoms with Crippen LogP contribution in [0, 0.1) is 0 Å². The maximum atomic E-state index is 10.6. The van der Waals surface area contributed by atoms with E-state index < -0.39 is 5.97 Å². The normalized spacial score (nSPS) is 10.3. The molecule has 0 bridgehead atoms. The van der Waals surface area contributed by atoms with Crippen molar-refractivity contribution in [3.63, 3.8) is 0 Å². The van der Waals surface area contributed by atoms with E-state index in [0.29, 0.717) is 11.0 Å². The van der Waals surface area contributed by atoms with Crippen LogP contribution in [0.1, 0.15) is 10.5 Å². The molecule has 2 heterocycles. The van der Waals surface area contributed by atoms with Crippen LogP contribution in [0.25, 0.3) is 11.0 Å². The number of hydrogen-bond donors (Lipinski definition) is 2. The minimum Gasteiger partial charge on any atom is -0.477 e. The molecule has 2 N–H and O–H groups in total. The molecule has 0 fully saturated rings. The number of fused-ring (bicyclic) bond motifs is 1. The van der Waals surface area contributed by atoms with Gasteiger partial charge in [0.05, 0.1) is 11.6 Å². The molecule has 0 saturated heterocycles. The van der Waals surface area contributed by atoms with Crippen molar-refractivity contribution in [3.05, 3.63) is 18.0 Å². The van der Waals surface area contributed by atoms with Crippen molar-refractivity contribution in [2.75, 3.05) is 0 Å². The molecule has 12 heavy (non-hydrogen) atoms. The van der Waals surface area contributed by atoms with E-state index in [4.69, 9.17) is 5.11 Å². The molecule has 2 rings (SSSR count). The molecule has 0 saturated carbocycles. The molecule has 0 radical (unpaired) electrons. The van der Waals surface area contributed by atoms with Gasteiger partial charge in [-0.15, -0.1) is 5.10 Å². The monoisotopic (exact) mass is 164 g/mol. The van der Waals surface area contributed by atoms with Gasteiger partial charge in [0, 0.05) is 0 Å². The maximum absolute atomic E-state index is 10.6. The number of aromatic amines is 1. The van der Waals surface area contributed by atoms with Crippen LogP contribution in [-0.2, 0) is 0 Å². The van der Waals surface area contributed by atoms with E-state index in [1.54, 1.807) is 6.07 Å².